The van der Waals surface area contributed by atoms with Gasteiger partial charge in [0.1, 0.15) is 0 Å². The standard InChI is InChI=1S/C14H26N2O3S.C2HF3O2/c1-19-9-13-8-15(7-12-3-4-12)10-14(13)5-6-16(11-14)20(2,17)18;3-2(4,5)1(6)7/h12-13H,3-11H2,1-2H3;(H,6,7)/t13-,14+;/m0./s1. The lowest BCUT2D eigenvalue weighted by molar-refractivity contribution is -0.192. The van der Waals surface area contributed by atoms with E-state index in [0.717, 1.165) is 32.0 Å². The van der Waals surface area contributed by atoms with Gasteiger partial charge in [0.05, 0.1) is 12.9 Å². The summed E-state index contributed by atoms with van der Waals surface area (Å²) in [4.78, 5) is 11.4. The summed E-state index contributed by atoms with van der Waals surface area (Å²) in [5.41, 5.74) is 0.119. The van der Waals surface area contributed by atoms with E-state index in [9.17, 15) is 21.6 Å². The highest BCUT2D eigenvalue weighted by Gasteiger charge is 2.52. The molecule has 1 aliphatic carbocycles. The average molecular weight is 416 g/mol. The van der Waals surface area contributed by atoms with Gasteiger partial charge in [-0.15, -0.1) is 0 Å². The van der Waals surface area contributed by atoms with Crippen LogP contribution in [0.4, 0.5) is 13.2 Å². The first-order chi connectivity index (χ1) is 12.4. The number of nitrogens with zero attached hydrogens (tertiary/aromatic N) is 2. The molecule has 2 atom stereocenters. The van der Waals surface area contributed by atoms with Gasteiger partial charge in [-0.25, -0.2) is 17.5 Å². The van der Waals surface area contributed by atoms with E-state index in [-0.39, 0.29) is 5.41 Å². The summed E-state index contributed by atoms with van der Waals surface area (Å²) >= 11 is 0. The molecular formula is C16H27F3N2O5S. The molecule has 1 spiro atoms. The van der Waals surface area contributed by atoms with Crippen molar-refractivity contribution in [1.29, 1.82) is 0 Å². The molecule has 2 aliphatic heterocycles. The third-order valence-electron chi connectivity index (χ3n) is 5.53. The number of methoxy groups -OCH3 is 1. The lowest BCUT2D eigenvalue weighted by Crippen LogP contribution is -2.37. The zero-order chi connectivity index (χ0) is 20.5. The first-order valence-electron chi connectivity index (χ1n) is 8.84. The molecule has 1 saturated carbocycles. The number of halogens is 3. The molecule has 0 radical (unpaired) electrons. The predicted octanol–water partition coefficient (Wildman–Crippen LogP) is 1.26. The quantitative estimate of drug-likeness (QED) is 0.726. The van der Waals surface area contributed by atoms with Crippen molar-refractivity contribution in [2.45, 2.75) is 25.4 Å². The smallest absolute Gasteiger partial charge is 0.475 e. The largest absolute Gasteiger partial charge is 0.490 e. The molecular weight excluding hydrogens is 389 g/mol. The maximum absolute atomic E-state index is 11.8. The first-order valence-corrected chi connectivity index (χ1v) is 10.7. The molecule has 3 rings (SSSR count). The third-order valence-corrected chi connectivity index (χ3v) is 6.78. The maximum Gasteiger partial charge on any atom is 0.490 e. The molecule has 27 heavy (non-hydrogen) atoms. The van der Waals surface area contributed by atoms with Crippen LogP contribution in [0.1, 0.15) is 19.3 Å². The van der Waals surface area contributed by atoms with Gasteiger partial charge in [-0.05, 0) is 25.2 Å². The Bertz CT molecular complexity index is 638. The van der Waals surface area contributed by atoms with Crippen LogP contribution in [0.5, 0.6) is 0 Å². The second kappa shape index (κ2) is 8.22. The van der Waals surface area contributed by atoms with E-state index in [2.05, 4.69) is 4.90 Å². The van der Waals surface area contributed by atoms with E-state index in [1.54, 1.807) is 11.4 Å². The summed E-state index contributed by atoms with van der Waals surface area (Å²) in [5, 5.41) is 7.12. The average Bonchev–Trinajstić information content (AvgIpc) is 3.12. The number of carboxylic acids is 1. The SMILES string of the molecule is COC[C@@H]1CN(CC2CC2)C[C@@]12CCN(S(C)(=O)=O)C2.O=C(O)C(F)(F)F. The van der Waals surface area contributed by atoms with E-state index in [1.807, 2.05) is 0 Å². The van der Waals surface area contributed by atoms with Gasteiger partial charge >= 0.3 is 12.1 Å². The Balaban J connectivity index is 0.000000321. The third kappa shape index (κ3) is 6.03. The van der Waals surface area contributed by atoms with Crippen molar-refractivity contribution in [2.24, 2.45) is 17.3 Å². The number of carboxylic acid groups (broad SMARTS) is 1. The Morgan fingerprint density at radius 3 is 2.30 bits per heavy atom. The summed E-state index contributed by atoms with van der Waals surface area (Å²) in [6.45, 7) is 5.42. The van der Waals surface area contributed by atoms with Crippen LogP contribution in [0.3, 0.4) is 0 Å². The minimum Gasteiger partial charge on any atom is -0.475 e. The second-order valence-corrected chi connectivity index (χ2v) is 9.78. The molecule has 0 aromatic heterocycles. The van der Waals surface area contributed by atoms with E-state index >= 15 is 0 Å². The van der Waals surface area contributed by atoms with Gasteiger partial charge in [-0.2, -0.15) is 13.2 Å². The molecule has 1 N–H and O–H groups in total. The molecule has 11 heteroatoms. The first kappa shape index (κ1) is 22.4. The summed E-state index contributed by atoms with van der Waals surface area (Å²) < 4.78 is 62.4. The maximum atomic E-state index is 11.8. The molecule has 0 aromatic rings. The Labute approximate surface area is 157 Å². The number of hydrogen-bond acceptors (Lipinski definition) is 5. The van der Waals surface area contributed by atoms with Gasteiger partial charge in [0, 0.05) is 51.2 Å². The molecule has 0 unspecified atom stereocenters. The fourth-order valence-electron chi connectivity index (χ4n) is 3.98. The van der Waals surface area contributed by atoms with Crippen LogP contribution >= 0.6 is 0 Å². The minimum atomic E-state index is -5.08. The van der Waals surface area contributed by atoms with Crippen LogP contribution in [0.2, 0.25) is 0 Å². The minimum absolute atomic E-state index is 0.119. The van der Waals surface area contributed by atoms with E-state index < -0.39 is 22.2 Å². The van der Waals surface area contributed by atoms with Gasteiger partial charge in [0.2, 0.25) is 10.0 Å². The lowest BCUT2D eigenvalue weighted by atomic mass is 9.78. The van der Waals surface area contributed by atoms with Crippen molar-refractivity contribution in [3.63, 3.8) is 0 Å². The Kier molecular flexibility index (Phi) is 6.81. The lowest BCUT2D eigenvalue weighted by Gasteiger charge is -2.29. The molecule has 2 heterocycles. The highest BCUT2D eigenvalue weighted by Crippen LogP contribution is 2.45. The fourth-order valence-corrected chi connectivity index (χ4v) is 4.90. The number of carbonyl (C=O) groups is 1. The van der Waals surface area contributed by atoms with Gasteiger partial charge in [0.15, 0.2) is 0 Å². The number of sulfonamides is 1. The number of ether oxygens (including phenoxy) is 1. The van der Waals surface area contributed by atoms with Crippen LogP contribution in [0.15, 0.2) is 0 Å². The molecule has 3 aliphatic rings. The zero-order valence-electron chi connectivity index (χ0n) is 15.5. The number of likely N-dealkylation sites (tertiary alicyclic amines) is 1. The Morgan fingerprint density at radius 2 is 1.89 bits per heavy atom. The number of rotatable bonds is 5. The van der Waals surface area contributed by atoms with Crippen LogP contribution in [-0.2, 0) is 19.6 Å². The van der Waals surface area contributed by atoms with Gasteiger partial charge < -0.3 is 14.7 Å². The molecule has 0 bridgehead atoms. The normalized spacial score (nSPS) is 29.7. The molecule has 158 valence electrons. The van der Waals surface area contributed by atoms with E-state index in [1.165, 1.54) is 25.6 Å². The molecule has 2 saturated heterocycles. The molecule has 0 amide bonds. The van der Waals surface area contributed by atoms with Crippen molar-refractivity contribution in [3.05, 3.63) is 0 Å². The highest BCUT2D eigenvalue weighted by atomic mass is 32.2. The fraction of sp³-hybridized carbons (Fsp3) is 0.938. The molecule has 0 aromatic carbocycles. The van der Waals surface area contributed by atoms with Gasteiger partial charge in [0.25, 0.3) is 0 Å². The van der Waals surface area contributed by atoms with Crippen molar-refractivity contribution in [3.8, 4) is 0 Å². The molecule has 7 nitrogen and oxygen atoms in total. The summed E-state index contributed by atoms with van der Waals surface area (Å²) in [5.74, 6) is -1.40. The zero-order valence-corrected chi connectivity index (χ0v) is 16.4. The van der Waals surface area contributed by atoms with Crippen LogP contribution in [-0.4, -0.2) is 87.6 Å². The van der Waals surface area contributed by atoms with Gasteiger partial charge in [-0.1, -0.05) is 0 Å². The van der Waals surface area contributed by atoms with Crippen molar-refractivity contribution in [1.82, 2.24) is 9.21 Å². The summed E-state index contributed by atoms with van der Waals surface area (Å²) in [6.07, 6.45) is -0.0364. The van der Waals surface area contributed by atoms with Crippen LogP contribution in [0.25, 0.3) is 0 Å². The Morgan fingerprint density at radius 1 is 1.30 bits per heavy atom. The van der Waals surface area contributed by atoms with Crippen LogP contribution in [0, 0.1) is 17.3 Å². The van der Waals surface area contributed by atoms with Gasteiger partial charge in [-0.3, -0.25) is 0 Å². The van der Waals surface area contributed by atoms with Crippen molar-refractivity contribution >= 4 is 16.0 Å². The number of hydrogen-bond donors (Lipinski definition) is 1. The van der Waals surface area contributed by atoms with Crippen molar-refractivity contribution < 1.29 is 36.2 Å². The van der Waals surface area contributed by atoms with Crippen molar-refractivity contribution in [2.75, 3.05) is 52.7 Å². The highest BCUT2D eigenvalue weighted by molar-refractivity contribution is 7.88. The summed E-state index contributed by atoms with van der Waals surface area (Å²) in [6, 6.07) is 0. The predicted molar refractivity (Wildman–Crippen MR) is 91.7 cm³/mol. The topological polar surface area (TPSA) is 87.2 Å². The van der Waals surface area contributed by atoms with E-state index in [0.29, 0.717) is 19.0 Å². The Hall–Kier alpha value is -0.910. The second-order valence-electron chi connectivity index (χ2n) is 7.80. The van der Waals surface area contributed by atoms with Crippen LogP contribution < -0.4 is 0 Å². The monoisotopic (exact) mass is 416 g/mol. The molecule has 3 fully saturated rings. The number of aliphatic carboxylic acids is 1. The van der Waals surface area contributed by atoms with E-state index in [4.69, 9.17) is 14.6 Å². The number of alkyl halides is 3. The summed E-state index contributed by atoms with van der Waals surface area (Å²) in [7, 11) is -1.31.